The smallest absolute Gasteiger partial charge is 0.408 e. The number of nitrogens with one attached hydrogen (secondary N) is 2. The number of hydrogen-bond acceptors (Lipinski definition) is 4. The van der Waals surface area contributed by atoms with Crippen LogP contribution in [0.3, 0.4) is 0 Å². The summed E-state index contributed by atoms with van der Waals surface area (Å²) in [6, 6.07) is 7.24. The molecule has 0 unspecified atom stereocenters. The third-order valence-electron chi connectivity index (χ3n) is 4.61. The zero-order valence-corrected chi connectivity index (χ0v) is 18.5. The lowest BCUT2D eigenvalue weighted by Crippen LogP contribution is -2.46. The van der Waals surface area contributed by atoms with Crippen LogP contribution in [0, 0.1) is 5.92 Å². The maximum atomic E-state index is 12.3. The number of hydrogen-bond donors (Lipinski definition) is 2. The van der Waals surface area contributed by atoms with E-state index in [4.69, 9.17) is 16.3 Å². The van der Waals surface area contributed by atoms with Gasteiger partial charge in [0.25, 0.3) is 0 Å². The highest BCUT2D eigenvalue weighted by Crippen LogP contribution is 2.16. The highest BCUT2D eigenvalue weighted by molar-refractivity contribution is 6.30. The van der Waals surface area contributed by atoms with Crippen LogP contribution >= 0.6 is 11.6 Å². The van der Waals surface area contributed by atoms with Crippen molar-refractivity contribution in [3.8, 4) is 0 Å². The predicted molar refractivity (Wildman–Crippen MR) is 117 cm³/mol. The maximum Gasteiger partial charge on any atom is 0.408 e. The third-order valence-corrected chi connectivity index (χ3v) is 4.86. The van der Waals surface area contributed by atoms with Gasteiger partial charge in [0.1, 0.15) is 12.1 Å². The van der Waals surface area contributed by atoms with Crippen LogP contribution in [0.5, 0.6) is 0 Å². The normalized spacial score (nSPS) is 15.1. The molecule has 8 heteroatoms. The van der Waals surface area contributed by atoms with Gasteiger partial charge in [0, 0.05) is 30.7 Å². The topological polar surface area (TPSA) is 87.7 Å². The Bertz CT molecular complexity index is 764. The second kappa shape index (κ2) is 11.0. The molecule has 0 spiro atoms. The van der Waals surface area contributed by atoms with E-state index >= 15 is 0 Å². The number of likely N-dealkylation sites (tertiary alicyclic amines) is 1. The molecule has 1 aromatic carbocycles. The van der Waals surface area contributed by atoms with Crippen LogP contribution in [-0.2, 0) is 14.3 Å². The van der Waals surface area contributed by atoms with Crippen molar-refractivity contribution in [3.05, 3.63) is 40.9 Å². The minimum Gasteiger partial charge on any atom is -0.444 e. The van der Waals surface area contributed by atoms with Gasteiger partial charge in [-0.05, 0) is 63.3 Å². The Labute approximate surface area is 182 Å². The zero-order chi connectivity index (χ0) is 22.1. The highest BCUT2D eigenvalue weighted by Gasteiger charge is 2.24. The van der Waals surface area contributed by atoms with Gasteiger partial charge in [0.05, 0.1) is 0 Å². The fourth-order valence-electron chi connectivity index (χ4n) is 3.01. The lowest BCUT2D eigenvalue weighted by molar-refractivity contribution is -0.131. The molecular weight excluding hydrogens is 406 g/mol. The first-order valence-corrected chi connectivity index (χ1v) is 10.5. The van der Waals surface area contributed by atoms with Crippen molar-refractivity contribution in [2.45, 2.75) is 39.2 Å². The summed E-state index contributed by atoms with van der Waals surface area (Å²) >= 11 is 5.84. The maximum absolute atomic E-state index is 12.3. The van der Waals surface area contributed by atoms with Crippen molar-refractivity contribution < 1.29 is 19.1 Å². The molecule has 2 N–H and O–H groups in total. The van der Waals surface area contributed by atoms with E-state index in [2.05, 4.69) is 10.6 Å². The Morgan fingerprint density at radius 2 is 1.77 bits per heavy atom. The second-order valence-corrected chi connectivity index (χ2v) is 8.75. The van der Waals surface area contributed by atoms with Crippen LogP contribution in [0.25, 0.3) is 6.08 Å². The van der Waals surface area contributed by atoms with E-state index in [1.807, 2.05) is 12.1 Å². The minimum absolute atomic E-state index is 0.0776. The van der Waals surface area contributed by atoms with Crippen LogP contribution < -0.4 is 10.6 Å². The predicted octanol–water partition coefficient (Wildman–Crippen LogP) is 3.23. The van der Waals surface area contributed by atoms with Gasteiger partial charge >= 0.3 is 6.09 Å². The summed E-state index contributed by atoms with van der Waals surface area (Å²) < 4.78 is 5.13. The fraction of sp³-hybridized carbons (Fsp3) is 0.500. The van der Waals surface area contributed by atoms with E-state index in [0.29, 0.717) is 30.6 Å². The number of rotatable bonds is 6. The van der Waals surface area contributed by atoms with Crippen molar-refractivity contribution in [1.29, 1.82) is 0 Å². The molecule has 0 atom stereocenters. The standard InChI is InChI=1S/C22H30ClN3O4/c1-22(2,3)30-21(29)25-15-20(28)26-12-10-17(11-13-26)14-24-19(27)9-6-16-4-7-18(23)8-5-16/h4-9,17H,10-15H2,1-3H3,(H,24,27)(H,25,29)/b9-6+. The molecule has 0 radical (unpaired) electrons. The van der Waals surface area contributed by atoms with Gasteiger partial charge in [-0.15, -0.1) is 0 Å². The largest absolute Gasteiger partial charge is 0.444 e. The molecule has 3 amide bonds. The zero-order valence-electron chi connectivity index (χ0n) is 17.7. The summed E-state index contributed by atoms with van der Waals surface area (Å²) in [6.45, 7) is 7.02. The van der Waals surface area contributed by atoms with E-state index in [9.17, 15) is 14.4 Å². The van der Waals surface area contributed by atoms with E-state index < -0.39 is 11.7 Å². The lowest BCUT2D eigenvalue weighted by Gasteiger charge is -2.32. The van der Waals surface area contributed by atoms with Gasteiger partial charge in [-0.25, -0.2) is 4.79 Å². The molecule has 1 aliphatic rings. The minimum atomic E-state index is -0.597. The molecule has 164 valence electrons. The number of amides is 3. The summed E-state index contributed by atoms with van der Waals surface area (Å²) in [5, 5.41) is 6.06. The molecular formula is C22H30ClN3O4. The van der Waals surface area contributed by atoms with Gasteiger partial charge in [-0.1, -0.05) is 23.7 Å². The molecule has 1 fully saturated rings. The SMILES string of the molecule is CC(C)(C)OC(=O)NCC(=O)N1CCC(CNC(=O)/C=C/c2ccc(Cl)cc2)CC1. The number of carbonyl (C=O) groups excluding carboxylic acids is 3. The summed E-state index contributed by atoms with van der Waals surface area (Å²) in [6.07, 6.45) is 4.26. The quantitative estimate of drug-likeness (QED) is 0.671. The number of ether oxygens (including phenoxy) is 1. The summed E-state index contributed by atoms with van der Waals surface area (Å²) in [7, 11) is 0. The van der Waals surface area contributed by atoms with Crippen LogP contribution in [0.1, 0.15) is 39.2 Å². The van der Waals surface area contributed by atoms with Crippen LogP contribution in [-0.4, -0.2) is 54.6 Å². The van der Waals surface area contributed by atoms with E-state index in [0.717, 1.165) is 18.4 Å². The van der Waals surface area contributed by atoms with E-state index in [1.165, 1.54) is 6.08 Å². The van der Waals surface area contributed by atoms with Crippen molar-refractivity contribution in [2.75, 3.05) is 26.2 Å². The van der Waals surface area contributed by atoms with Crippen molar-refractivity contribution in [3.63, 3.8) is 0 Å². The molecule has 30 heavy (non-hydrogen) atoms. The average molecular weight is 436 g/mol. The van der Waals surface area contributed by atoms with Gasteiger partial charge in [0.2, 0.25) is 11.8 Å². The Hall–Kier alpha value is -2.54. The Morgan fingerprint density at radius 3 is 2.37 bits per heavy atom. The second-order valence-electron chi connectivity index (χ2n) is 8.31. The average Bonchev–Trinajstić information content (AvgIpc) is 2.69. The number of carbonyl (C=O) groups is 3. The van der Waals surface area contributed by atoms with Gasteiger partial charge in [-0.3, -0.25) is 9.59 Å². The molecule has 2 rings (SSSR count). The summed E-state index contributed by atoms with van der Waals surface area (Å²) in [4.78, 5) is 37.6. The van der Waals surface area contributed by atoms with Gasteiger partial charge in [-0.2, -0.15) is 0 Å². The van der Waals surface area contributed by atoms with Crippen molar-refractivity contribution in [1.82, 2.24) is 15.5 Å². The van der Waals surface area contributed by atoms with E-state index in [1.54, 1.807) is 43.9 Å². The fourth-order valence-corrected chi connectivity index (χ4v) is 3.14. The first-order valence-electron chi connectivity index (χ1n) is 10.1. The van der Waals surface area contributed by atoms with Crippen LogP contribution in [0.15, 0.2) is 30.3 Å². The molecule has 0 saturated carbocycles. The monoisotopic (exact) mass is 435 g/mol. The number of nitrogens with zero attached hydrogens (tertiary/aromatic N) is 1. The van der Waals surface area contributed by atoms with Crippen molar-refractivity contribution in [2.24, 2.45) is 5.92 Å². The first-order chi connectivity index (χ1) is 14.1. The molecule has 1 aromatic rings. The third kappa shape index (κ3) is 8.86. The molecule has 7 nitrogen and oxygen atoms in total. The Balaban J connectivity index is 1.65. The molecule has 1 aliphatic heterocycles. The number of halogens is 1. The highest BCUT2D eigenvalue weighted by atomic mass is 35.5. The number of piperidine rings is 1. The summed E-state index contributed by atoms with van der Waals surface area (Å²) in [5.41, 5.74) is 0.307. The summed E-state index contributed by atoms with van der Waals surface area (Å²) in [5.74, 6) is 0.0417. The Morgan fingerprint density at radius 1 is 1.13 bits per heavy atom. The Kier molecular flexibility index (Phi) is 8.72. The first kappa shape index (κ1) is 23.7. The molecule has 0 aromatic heterocycles. The number of alkyl carbamates (subject to hydrolysis) is 1. The van der Waals surface area contributed by atoms with Crippen LogP contribution in [0.2, 0.25) is 5.02 Å². The molecule has 0 bridgehead atoms. The van der Waals surface area contributed by atoms with Gasteiger partial charge in [0.15, 0.2) is 0 Å². The van der Waals surface area contributed by atoms with E-state index in [-0.39, 0.29) is 18.4 Å². The van der Waals surface area contributed by atoms with Crippen molar-refractivity contribution >= 4 is 35.6 Å². The van der Waals surface area contributed by atoms with Crippen LogP contribution in [0.4, 0.5) is 4.79 Å². The molecule has 1 saturated heterocycles. The van der Waals surface area contributed by atoms with Gasteiger partial charge < -0.3 is 20.3 Å². The molecule has 0 aliphatic carbocycles. The lowest BCUT2D eigenvalue weighted by atomic mass is 9.96. The molecule has 1 heterocycles. The number of benzene rings is 1.